The second-order valence-electron chi connectivity index (χ2n) is 4.29. The Bertz CT molecular complexity index is 342. The maximum atomic E-state index is 13.0. The van der Waals surface area contributed by atoms with Gasteiger partial charge in [0, 0.05) is 18.3 Å². The molecule has 0 aliphatic carbocycles. The number of rotatable bonds is 5. The van der Waals surface area contributed by atoms with Gasteiger partial charge in [0.05, 0.1) is 0 Å². The summed E-state index contributed by atoms with van der Waals surface area (Å²) in [5.74, 6) is -0.0973. The summed E-state index contributed by atoms with van der Waals surface area (Å²) < 4.78 is 13.0. The van der Waals surface area contributed by atoms with E-state index in [2.05, 4.69) is 19.2 Å². The van der Waals surface area contributed by atoms with Gasteiger partial charge in [0.2, 0.25) is 0 Å². The Morgan fingerprint density at radius 1 is 1.44 bits per heavy atom. The van der Waals surface area contributed by atoms with Gasteiger partial charge in [-0.25, -0.2) is 4.39 Å². The van der Waals surface area contributed by atoms with Gasteiger partial charge < -0.3 is 16.2 Å². The van der Waals surface area contributed by atoms with Crippen LogP contribution in [0.25, 0.3) is 0 Å². The minimum Gasteiger partial charge on any atom is -0.505 e. The predicted octanol–water partition coefficient (Wildman–Crippen LogP) is 2.17. The molecule has 0 amide bonds. The molecule has 1 aromatic rings. The molecule has 90 valence electrons. The molecule has 0 saturated carbocycles. The first-order valence-electron chi connectivity index (χ1n) is 5.47. The number of anilines is 1. The SMILES string of the molecule is CC(C)C(CN)CNc1ccc(O)c(F)c1. The molecule has 0 radical (unpaired) electrons. The highest BCUT2D eigenvalue weighted by atomic mass is 19.1. The Morgan fingerprint density at radius 3 is 2.62 bits per heavy atom. The van der Waals surface area contributed by atoms with E-state index in [1.165, 1.54) is 12.1 Å². The lowest BCUT2D eigenvalue weighted by molar-refractivity contribution is 0.413. The molecule has 1 unspecified atom stereocenters. The molecule has 1 atom stereocenters. The van der Waals surface area contributed by atoms with E-state index in [0.717, 1.165) is 0 Å². The van der Waals surface area contributed by atoms with E-state index in [1.54, 1.807) is 6.07 Å². The number of benzene rings is 1. The quantitative estimate of drug-likeness (QED) is 0.674. The average molecular weight is 226 g/mol. The Hall–Kier alpha value is -1.29. The highest BCUT2D eigenvalue weighted by Crippen LogP contribution is 2.20. The lowest BCUT2D eigenvalue weighted by Gasteiger charge is -2.19. The molecule has 0 bridgehead atoms. The number of nitrogens with two attached hydrogens (primary N) is 1. The standard InChI is InChI=1S/C12H19FN2O/c1-8(2)9(6-14)7-15-10-3-4-12(16)11(13)5-10/h3-5,8-9,15-16H,6-7,14H2,1-2H3. The molecule has 0 aliphatic rings. The minimum atomic E-state index is -0.612. The number of aromatic hydroxyl groups is 1. The van der Waals surface area contributed by atoms with Gasteiger partial charge >= 0.3 is 0 Å². The minimum absolute atomic E-state index is 0.329. The van der Waals surface area contributed by atoms with Crippen LogP contribution in [0.4, 0.5) is 10.1 Å². The van der Waals surface area contributed by atoms with Crippen LogP contribution in [0.2, 0.25) is 0 Å². The van der Waals surface area contributed by atoms with E-state index in [0.29, 0.717) is 30.6 Å². The van der Waals surface area contributed by atoms with Gasteiger partial charge in [-0.2, -0.15) is 0 Å². The first kappa shape index (κ1) is 12.8. The van der Waals surface area contributed by atoms with Crippen LogP contribution in [-0.2, 0) is 0 Å². The summed E-state index contributed by atoms with van der Waals surface area (Å²) in [5.41, 5.74) is 6.30. The maximum absolute atomic E-state index is 13.0. The highest BCUT2D eigenvalue weighted by Gasteiger charge is 2.11. The fourth-order valence-electron chi connectivity index (χ4n) is 1.46. The second kappa shape index (κ2) is 5.70. The largest absolute Gasteiger partial charge is 0.505 e. The summed E-state index contributed by atoms with van der Waals surface area (Å²) in [6.07, 6.45) is 0. The van der Waals surface area contributed by atoms with Crippen molar-refractivity contribution in [1.82, 2.24) is 0 Å². The lowest BCUT2D eigenvalue weighted by Crippen LogP contribution is -2.27. The predicted molar refractivity (Wildman–Crippen MR) is 63.9 cm³/mol. The van der Waals surface area contributed by atoms with E-state index in [9.17, 15) is 4.39 Å². The van der Waals surface area contributed by atoms with Crippen molar-refractivity contribution in [3.8, 4) is 5.75 Å². The van der Waals surface area contributed by atoms with Crippen molar-refractivity contribution in [2.24, 2.45) is 17.6 Å². The van der Waals surface area contributed by atoms with Crippen molar-refractivity contribution < 1.29 is 9.50 Å². The molecule has 16 heavy (non-hydrogen) atoms. The van der Waals surface area contributed by atoms with E-state index in [4.69, 9.17) is 10.8 Å². The Balaban J connectivity index is 2.57. The Kier molecular flexibility index (Phi) is 4.55. The van der Waals surface area contributed by atoms with Gasteiger partial charge in [0.1, 0.15) is 0 Å². The highest BCUT2D eigenvalue weighted by molar-refractivity contribution is 5.46. The summed E-state index contributed by atoms with van der Waals surface area (Å²) in [5, 5.41) is 12.1. The topological polar surface area (TPSA) is 58.3 Å². The van der Waals surface area contributed by atoms with Gasteiger partial charge in [-0.1, -0.05) is 13.8 Å². The summed E-state index contributed by atoms with van der Waals surface area (Å²) in [6.45, 7) is 5.52. The smallest absolute Gasteiger partial charge is 0.166 e. The molecule has 4 heteroatoms. The van der Waals surface area contributed by atoms with Crippen LogP contribution in [0.3, 0.4) is 0 Å². The van der Waals surface area contributed by atoms with Crippen LogP contribution < -0.4 is 11.1 Å². The third-order valence-corrected chi connectivity index (χ3v) is 2.76. The van der Waals surface area contributed by atoms with Gasteiger partial charge in [-0.3, -0.25) is 0 Å². The molecule has 0 saturated heterocycles. The van der Waals surface area contributed by atoms with Crippen molar-refractivity contribution in [1.29, 1.82) is 0 Å². The normalized spacial score (nSPS) is 12.8. The number of hydrogen-bond donors (Lipinski definition) is 3. The molecule has 0 aliphatic heterocycles. The van der Waals surface area contributed by atoms with Gasteiger partial charge in [0.25, 0.3) is 0 Å². The zero-order chi connectivity index (χ0) is 12.1. The first-order valence-corrected chi connectivity index (χ1v) is 5.47. The second-order valence-corrected chi connectivity index (χ2v) is 4.29. The first-order chi connectivity index (χ1) is 7.54. The van der Waals surface area contributed by atoms with Crippen molar-refractivity contribution in [3.63, 3.8) is 0 Å². The third kappa shape index (κ3) is 3.38. The molecular weight excluding hydrogens is 207 g/mol. The third-order valence-electron chi connectivity index (χ3n) is 2.76. The maximum Gasteiger partial charge on any atom is 0.166 e. The fourth-order valence-corrected chi connectivity index (χ4v) is 1.46. The number of nitrogens with one attached hydrogen (secondary N) is 1. The van der Waals surface area contributed by atoms with Crippen LogP contribution in [0.1, 0.15) is 13.8 Å². The fraction of sp³-hybridized carbons (Fsp3) is 0.500. The summed E-state index contributed by atoms with van der Waals surface area (Å²) >= 11 is 0. The van der Waals surface area contributed by atoms with Gasteiger partial charge in [0.15, 0.2) is 11.6 Å². The number of hydrogen-bond acceptors (Lipinski definition) is 3. The number of halogens is 1. The molecule has 0 heterocycles. The molecular formula is C12H19FN2O. The van der Waals surface area contributed by atoms with Crippen LogP contribution in [0.5, 0.6) is 5.75 Å². The Labute approximate surface area is 95.5 Å². The molecule has 1 aromatic carbocycles. The molecule has 0 aromatic heterocycles. The average Bonchev–Trinajstić information content (AvgIpc) is 2.23. The van der Waals surface area contributed by atoms with Crippen molar-refractivity contribution in [2.75, 3.05) is 18.4 Å². The van der Waals surface area contributed by atoms with Gasteiger partial charge in [-0.15, -0.1) is 0 Å². The molecule has 0 fully saturated rings. The van der Waals surface area contributed by atoms with E-state index in [-0.39, 0.29) is 5.75 Å². The number of phenolic OH excluding ortho intramolecular Hbond substituents is 1. The van der Waals surface area contributed by atoms with E-state index in [1.807, 2.05) is 0 Å². The van der Waals surface area contributed by atoms with Crippen molar-refractivity contribution >= 4 is 5.69 Å². The molecule has 3 nitrogen and oxygen atoms in total. The van der Waals surface area contributed by atoms with E-state index >= 15 is 0 Å². The summed E-state index contributed by atoms with van der Waals surface area (Å²) in [7, 11) is 0. The number of phenols is 1. The zero-order valence-electron chi connectivity index (χ0n) is 9.70. The monoisotopic (exact) mass is 226 g/mol. The van der Waals surface area contributed by atoms with Crippen LogP contribution in [0.15, 0.2) is 18.2 Å². The van der Waals surface area contributed by atoms with Crippen LogP contribution in [-0.4, -0.2) is 18.2 Å². The van der Waals surface area contributed by atoms with Crippen LogP contribution in [0, 0.1) is 17.7 Å². The molecule has 1 rings (SSSR count). The van der Waals surface area contributed by atoms with Crippen LogP contribution >= 0.6 is 0 Å². The molecule has 0 spiro atoms. The van der Waals surface area contributed by atoms with Crippen molar-refractivity contribution in [3.05, 3.63) is 24.0 Å². The Morgan fingerprint density at radius 2 is 2.12 bits per heavy atom. The van der Waals surface area contributed by atoms with Crippen molar-refractivity contribution in [2.45, 2.75) is 13.8 Å². The summed E-state index contributed by atoms with van der Waals surface area (Å²) in [6, 6.07) is 4.26. The zero-order valence-corrected chi connectivity index (χ0v) is 9.70. The van der Waals surface area contributed by atoms with E-state index < -0.39 is 5.82 Å². The molecule has 4 N–H and O–H groups in total. The summed E-state index contributed by atoms with van der Waals surface area (Å²) in [4.78, 5) is 0. The van der Waals surface area contributed by atoms with Gasteiger partial charge in [-0.05, 0) is 30.5 Å². The lowest BCUT2D eigenvalue weighted by atomic mass is 9.96.